The molecule has 5 aromatic carbocycles. The number of aromatic amines is 1. The molecule has 3 heterocycles. The van der Waals surface area contributed by atoms with Crippen molar-refractivity contribution in [3.63, 3.8) is 0 Å². The van der Waals surface area contributed by atoms with Crippen molar-refractivity contribution in [3.8, 4) is 11.4 Å². The molecule has 0 fully saturated rings. The summed E-state index contributed by atoms with van der Waals surface area (Å²) >= 11 is 0. The van der Waals surface area contributed by atoms with Crippen molar-refractivity contribution in [2.45, 2.75) is 0 Å². The molecule has 0 bridgehead atoms. The van der Waals surface area contributed by atoms with Gasteiger partial charge in [-0.15, -0.1) is 0 Å². The first-order chi connectivity index (χ1) is 19.3. The Balaban J connectivity index is 1.31. The summed E-state index contributed by atoms with van der Waals surface area (Å²) in [6.45, 7) is 0. The van der Waals surface area contributed by atoms with Crippen molar-refractivity contribution in [2.24, 2.45) is 0 Å². The van der Waals surface area contributed by atoms with E-state index in [1.54, 1.807) is 0 Å². The standard InChI is InChI=1S/C36H22N3/c1-5-13-33-25(9-1)26-10-2-6-14-34(26)38(33)23-17-19-31-29(21-23)30-22-24(18-20-32(30)37-31)39-35-15-7-3-11-27(35)28-12-4-8-16-36(28)39/h1-3,5-22,37H/q+1. The molecule has 0 aliphatic heterocycles. The van der Waals surface area contributed by atoms with Gasteiger partial charge in [0.15, 0.2) is 5.69 Å². The largest absolute Gasteiger partial charge is 0.355 e. The van der Waals surface area contributed by atoms with Gasteiger partial charge in [-0.2, -0.15) is 0 Å². The van der Waals surface area contributed by atoms with Crippen LogP contribution >= 0.6 is 0 Å². The Morgan fingerprint density at radius 3 is 1.69 bits per heavy atom. The van der Waals surface area contributed by atoms with Crippen LogP contribution in [0.5, 0.6) is 0 Å². The minimum atomic E-state index is 1.14. The quantitative estimate of drug-likeness (QED) is 0.231. The SMILES string of the molecule is [C+]1=Cc2c(n(-c3ccc4[nH]c5ccc(-n6c7ccccc7c7ccccc76)cc5c4c3)c3ccccc23)C=C1. The zero-order valence-electron chi connectivity index (χ0n) is 21.0. The molecule has 1 aliphatic carbocycles. The van der Waals surface area contributed by atoms with E-state index in [2.05, 4.69) is 142 Å². The number of benzene rings is 5. The molecule has 0 unspecified atom stereocenters. The molecule has 39 heavy (non-hydrogen) atoms. The monoisotopic (exact) mass is 496 g/mol. The van der Waals surface area contributed by atoms with Crippen LogP contribution in [0.4, 0.5) is 0 Å². The van der Waals surface area contributed by atoms with Crippen molar-refractivity contribution in [1.29, 1.82) is 0 Å². The Kier molecular flexibility index (Phi) is 4.02. The summed E-state index contributed by atoms with van der Waals surface area (Å²) < 4.78 is 4.75. The van der Waals surface area contributed by atoms with E-state index >= 15 is 0 Å². The van der Waals surface area contributed by atoms with E-state index < -0.39 is 0 Å². The number of hydrogen-bond acceptors (Lipinski definition) is 0. The van der Waals surface area contributed by atoms with Gasteiger partial charge in [0.05, 0.1) is 28.0 Å². The number of H-pyrrole nitrogens is 1. The molecule has 0 atom stereocenters. The topological polar surface area (TPSA) is 25.6 Å². The van der Waals surface area contributed by atoms with Crippen LogP contribution in [-0.2, 0) is 0 Å². The zero-order valence-corrected chi connectivity index (χ0v) is 21.0. The minimum Gasteiger partial charge on any atom is -0.355 e. The van der Waals surface area contributed by atoms with Crippen LogP contribution in [0.25, 0.3) is 78.0 Å². The maximum Gasteiger partial charge on any atom is 0.168 e. The highest BCUT2D eigenvalue weighted by Gasteiger charge is 2.23. The smallest absolute Gasteiger partial charge is 0.168 e. The Morgan fingerprint density at radius 1 is 0.513 bits per heavy atom. The van der Waals surface area contributed by atoms with Gasteiger partial charge in [-0.05, 0) is 60.7 Å². The number of nitrogens with one attached hydrogen (secondary N) is 1. The number of fused-ring (bicyclic) bond motifs is 9. The third-order valence-corrected chi connectivity index (χ3v) is 8.18. The van der Waals surface area contributed by atoms with Crippen molar-refractivity contribution >= 4 is 66.7 Å². The molecule has 1 N–H and O–H groups in total. The van der Waals surface area contributed by atoms with E-state index in [0.717, 1.165) is 16.7 Å². The molecular formula is C36H22N3+. The normalized spacial score (nSPS) is 12.7. The molecule has 0 saturated heterocycles. The highest BCUT2D eigenvalue weighted by Crippen LogP contribution is 2.37. The summed E-state index contributed by atoms with van der Waals surface area (Å²) in [6.07, 6.45) is 9.52. The fraction of sp³-hybridized carbons (Fsp3) is 0. The van der Waals surface area contributed by atoms with Crippen LogP contribution in [0.1, 0.15) is 11.3 Å². The third kappa shape index (κ3) is 2.80. The molecule has 180 valence electrons. The summed E-state index contributed by atoms with van der Waals surface area (Å²) in [5.74, 6) is 0. The molecule has 0 saturated carbocycles. The summed E-state index contributed by atoms with van der Waals surface area (Å²) in [4.78, 5) is 3.65. The Morgan fingerprint density at radius 2 is 1.05 bits per heavy atom. The fourth-order valence-corrected chi connectivity index (χ4v) is 6.49. The number of para-hydroxylation sites is 3. The highest BCUT2D eigenvalue weighted by atomic mass is 15.0. The van der Waals surface area contributed by atoms with Gasteiger partial charge in [-0.25, -0.2) is 0 Å². The lowest BCUT2D eigenvalue weighted by molar-refractivity contribution is 1.11. The summed E-state index contributed by atoms with van der Waals surface area (Å²) in [6, 6.07) is 39.5. The van der Waals surface area contributed by atoms with Crippen LogP contribution in [0.3, 0.4) is 0 Å². The van der Waals surface area contributed by atoms with Gasteiger partial charge in [-0.1, -0.05) is 48.5 Å². The summed E-state index contributed by atoms with van der Waals surface area (Å²) in [5, 5.41) is 6.24. The second-order valence-electron chi connectivity index (χ2n) is 10.3. The molecule has 0 spiro atoms. The van der Waals surface area contributed by atoms with Gasteiger partial charge < -0.3 is 9.55 Å². The lowest BCUT2D eigenvalue weighted by Crippen LogP contribution is -1.97. The van der Waals surface area contributed by atoms with E-state index in [0.29, 0.717) is 0 Å². The first-order valence-electron chi connectivity index (χ1n) is 13.3. The number of aromatic nitrogens is 3. The summed E-state index contributed by atoms with van der Waals surface area (Å²) in [7, 11) is 0. The predicted molar refractivity (Wildman–Crippen MR) is 164 cm³/mol. The second kappa shape index (κ2) is 7.58. The van der Waals surface area contributed by atoms with Crippen molar-refractivity contribution in [1.82, 2.24) is 14.1 Å². The molecule has 8 aromatic rings. The molecule has 3 nitrogen and oxygen atoms in total. The van der Waals surface area contributed by atoms with Gasteiger partial charge in [-0.3, -0.25) is 4.57 Å². The number of allylic oxidation sites excluding steroid dienone is 2. The van der Waals surface area contributed by atoms with Gasteiger partial charge in [0.1, 0.15) is 17.7 Å². The maximum atomic E-state index is 3.65. The van der Waals surface area contributed by atoms with Crippen LogP contribution < -0.4 is 0 Å². The van der Waals surface area contributed by atoms with E-state index in [1.807, 2.05) is 6.08 Å². The molecular weight excluding hydrogens is 474 g/mol. The molecule has 0 radical (unpaired) electrons. The third-order valence-electron chi connectivity index (χ3n) is 8.18. The lowest BCUT2D eigenvalue weighted by atomic mass is 10.1. The fourth-order valence-electron chi connectivity index (χ4n) is 6.49. The van der Waals surface area contributed by atoms with Crippen LogP contribution in [-0.4, -0.2) is 14.1 Å². The zero-order chi connectivity index (χ0) is 25.5. The number of rotatable bonds is 2. The Hall–Kier alpha value is -5.37. The highest BCUT2D eigenvalue weighted by molar-refractivity contribution is 6.11. The van der Waals surface area contributed by atoms with E-state index in [4.69, 9.17) is 0 Å². The average Bonchev–Trinajstić information content (AvgIpc) is 3.64. The molecule has 3 heteroatoms. The van der Waals surface area contributed by atoms with E-state index in [-0.39, 0.29) is 0 Å². The molecule has 9 rings (SSSR count). The Bertz CT molecular complexity index is 2280. The lowest BCUT2D eigenvalue weighted by Gasteiger charge is -2.09. The number of nitrogens with zero attached hydrogens (tertiary/aromatic N) is 2. The van der Waals surface area contributed by atoms with Gasteiger partial charge >= 0.3 is 0 Å². The predicted octanol–water partition coefficient (Wildman–Crippen LogP) is 9.21. The Labute approximate surface area is 224 Å². The number of hydrogen-bond donors (Lipinski definition) is 1. The second-order valence-corrected chi connectivity index (χ2v) is 10.3. The molecule has 0 amide bonds. The maximum absolute atomic E-state index is 3.65. The first kappa shape index (κ1) is 20.7. The molecule has 1 aliphatic rings. The van der Waals surface area contributed by atoms with Crippen LogP contribution in [0.15, 0.2) is 115 Å². The molecule has 3 aromatic heterocycles. The average molecular weight is 497 g/mol. The van der Waals surface area contributed by atoms with Crippen molar-refractivity contribution in [2.75, 3.05) is 0 Å². The van der Waals surface area contributed by atoms with E-state index in [9.17, 15) is 0 Å². The van der Waals surface area contributed by atoms with E-state index in [1.165, 1.54) is 60.4 Å². The van der Waals surface area contributed by atoms with Crippen molar-refractivity contribution < 1.29 is 0 Å². The van der Waals surface area contributed by atoms with Gasteiger partial charge in [0, 0.05) is 50.0 Å². The minimum absolute atomic E-state index is 1.14. The first-order valence-corrected chi connectivity index (χ1v) is 13.3. The summed E-state index contributed by atoms with van der Waals surface area (Å²) in [5.41, 5.74) is 10.7. The van der Waals surface area contributed by atoms with Crippen LogP contribution in [0, 0.1) is 6.08 Å². The van der Waals surface area contributed by atoms with Crippen molar-refractivity contribution in [3.05, 3.63) is 133 Å². The van der Waals surface area contributed by atoms with Gasteiger partial charge in [0.2, 0.25) is 0 Å². The van der Waals surface area contributed by atoms with Gasteiger partial charge in [0.25, 0.3) is 0 Å². The van der Waals surface area contributed by atoms with Crippen LogP contribution in [0.2, 0.25) is 0 Å².